The molecule has 1 aromatic heterocycles. The molecule has 2 atom stereocenters. The number of ketones is 1. The summed E-state index contributed by atoms with van der Waals surface area (Å²) in [6.45, 7) is 6.02. The Morgan fingerprint density at radius 1 is 1.47 bits per heavy atom. The highest BCUT2D eigenvalue weighted by atomic mass is 16.1. The average Bonchev–Trinajstić information content (AvgIpc) is 2.76. The van der Waals surface area contributed by atoms with Crippen LogP contribution in [0.2, 0.25) is 0 Å². The standard InChI is InChI=1S/C14H20N2O/c1-3-11-4-5-12(16-8-11)6-14(17)13-9-15-7-10(13)2/h4-5,8,10,13,15H,3,6-7,9H2,1-2H3. The van der Waals surface area contributed by atoms with Gasteiger partial charge in [0, 0.05) is 30.8 Å². The first-order valence-electron chi connectivity index (χ1n) is 6.38. The first-order valence-corrected chi connectivity index (χ1v) is 6.38. The zero-order chi connectivity index (χ0) is 12.3. The van der Waals surface area contributed by atoms with Crippen molar-refractivity contribution in [2.24, 2.45) is 11.8 Å². The summed E-state index contributed by atoms with van der Waals surface area (Å²) in [4.78, 5) is 16.4. The summed E-state index contributed by atoms with van der Waals surface area (Å²) in [6.07, 6.45) is 3.34. The monoisotopic (exact) mass is 232 g/mol. The van der Waals surface area contributed by atoms with Crippen LogP contribution in [0.25, 0.3) is 0 Å². The van der Waals surface area contributed by atoms with Crippen LogP contribution in [0.15, 0.2) is 18.3 Å². The quantitative estimate of drug-likeness (QED) is 0.857. The number of carbonyl (C=O) groups excluding carboxylic acids is 1. The van der Waals surface area contributed by atoms with Crippen molar-refractivity contribution in [2.45, 2.75) is 26.7 Å². The Morgan fingerprint density at radius 3 is 2.82 bits per heavy atom. The van der Waals surface area contributed by atoms with E-state index in [1.807, 2.05) is 12.3 Å². The van der Waals surface area contributed by atoms with E-state index in [1.165, 1.54) is 5.56 Å². The molecular formula is C14H20N2O. The van der Waals surface area contributed by atoms with Gasteiger partial charge < -0.3 is 5.32 Å². The molecule has 0 bridgehead atoms. The van der Waals surface area contributed by atoms with Crippen molar-refractivity contribution in [1.29, 1.82) is 0 Å². The van der Waals surface area contributed by atoms with Crippen LogP contribution in [-0.2, 0) is 17.6 Å². The van der Waals surface area contributed by atoms with E-state index in [4.69, 9.17) is 0 Å². The molecule has 0 radical (unpaired) electrons. The van der Waals surface area contributed by atoms with Gasteiger partial charge in [-0.3, -0.25) is 9.78 Å². The van der Waals surface area contributed by atoms with Crippen molar-refractivity contribution < 1.29 is 4.79 Å². The van der Waals surface area contributed by atoms with Crippen LogP contribution in [0.3, 0.4) is 0 Å². The largest absolute Gasteiger partial charge is 0.316 e. The van der Waals surface area contributed by atoms with Gasteiger partial charge in [-0.15, -0.1) is 0 Å². The third-order valence-electron chi connectivity index (χ3n) is 3.58. The molecule has 1 aliphatic rings. The lowest BCUT2D eigenvalue weighted by atomic mass is 9.91. The van der Waals surface area contributed by atoms with Crippen LogP contribution in [0.5, 0.6) is 0 Å². The number of pyridine rings is 1. The van der Waals surface area contributed by atoms with E-state index < -0.39 is 0 Å². The average molecular weight is 232 g/mol. The molecule has 1 aromatic rings. The second-order valence-electron chi connectivity index (χ2n) is 4.90. The second kappa shape index (κ2) is 5.41. The molecule has 0 saturated carbocycles. The Morgan fingerprint density at radius 2 is 2.29 bits per heavy atom. The lowest BCUT2D eigenvalue weighted by Crippen LogP contribution is -2.23. The molecule has 92 valence electrons. The van der Waals surface area contributed by atoms with Crippen molar-refractivity contribution >= 4 is 5.78 Å². The number of aryl methyl sites for hydroxylation is 1. The van der Waals surface area contributed by atoms with Crippen molar-refractivity contribution in [1.82, 2.24) is 10.3 Å². The normalized spacial score (nSPS) is 23.9. The van der Waals surface area contributed by atoms with Gasteiger partial charge in [0.25, 0.3) is 0 Å². The molecule has 2 heterocycles. The Labute approximate surface area is 103 Å². The van der Waals surface area contributed by atoms with Gasteiger partial charge in [-0.25, -0.2) is 0 Å². The van der Waals surface area contributed by atoms with Gasteiger partial charge >= 0.3 is 0 Å². The fourth-order valence-electron chi connectivity index (χ4n) is 2.32. The third-order valence-corrected chi connectivity index (χ3v) is 3.58. The summed E-state index contributed by atoms with van der Waals surface area (Å²) in [5.74, 6) is 0.944. The van der Waals surface area contributed by atoms with Crippen LogP contribution in [0.4, 0.5) is 0 Å². The van der Waals surface area contributed by atoms with Gasteiger partial charge in [0.15, 0.2) is 0 Å². The molecule has 1 N–H and O–H groups in total. The van der Waals surface area contributed by atoms with Crippen LogP contribution in [0.1, 0.15) is 25.1 Å². The minimum absolute atomic E-state index is 0.169. The number of hydrogen-bond donors (Lipinski definition) is 1. The van der Waals surface area contributed by atoms with Gasteiger partial charge in [-0.05, 0) is 30.5 Å². The molecule has 1 aliphatic heterocycles. The molecular weight excluding hydrogens is 212 g/mol. The van der Waals surface area contributed by atoms with E-state index in [0.29, 0.717) is 18.1 Å². The summed E-state index contributed by atoms with van der Waals surface area (Å²) in [5.41, 5.74) is 2.11. The number of aromatic nitrogens is 1. The summed E-state index contributed by atoms with van der Waals surface area (Å²) in [7, 11) is 0. The fraction of sp³-hybridized carbons (Fsp3) is 0.571. The first-order chi connectivity index (χ1) is 8.20. The van der Waals surface area contributed by atoms with E-state index >= 15 is 0 Å². The number of nitrogens with zero attached hydrogens (tertiary/aromatic N) is 1. The molecule has 0 aliphatic carbocycles. The molecule has 3 nitrogen and oxygen atoms in total. The van der Waals surface area contributed by atoms with Crippen molar-refractivity contribution in [3.05, 3.63) is 29.6 Å². The molecule has 17 heavy (non-hydrogen) atoms. The Balaban J connectivity index is 1.97. The van der Waals surface area contributed by atoms with Crippen molar-refractivity contribution in [2.75, 3.05) is 13.1 Å². The van der Waals surface area contributed by atoms with Gasteiger partial charge in [-0.1, -0.05) is 19.9 Å². The molecule has 1 fully saturated rings. The maximum atomic E-state index is 12.1. The predicted molar refractivity (Wildman–Crippen MR) is 67.8 cm³/mol. The number of rotatable bonds is 4. The minimum Gasteiger partial charge on any atom is -0.316 e. The number of nitrogens with one attached hydrogen (secondary N) is 1. The lowest BCUT2D eigenvalue weighted by Gasteiger charge is -2.12. The zero-order valence-electron chi connectivity index (χ0n) is 10.6. The highest BCUT2D eigenvalue weighted by Gasteiger charge is 2.29. The SMILES string of the molecule is CCc1ccc(CC(=O)C2CNCC2C)nc1. The zero-order valence-corrected chi connectivity index (χ0v) is 10.6. The Bertz CT molecular complexity index is 386. The smallest absolute Gasteiger partial charge is 0.143 e. The van der Waals surface area contributed by atoms with Gasteiger partial charge in [0.1, 0.15) is 5.78 Å². The van der Waals surface area contributed by atoms with Gasteiger partial charge in [0.2, 0.25) is 0 Å². The summed E-state index contributed by atoms with van der Waals surface area (Å²) in [6, 6.07) is 4.04. The molecule has 2 rings (SSSR count). The maximum Gasteiger partial charge on any atom is 0.143 e. The van der Waals surface area contributed by atoms with Gasteiger partial charge in [0.05, 0.1) is 0 Å². The molecule has 2 unspecified atom stereocenters. The summed E-state index contributed by atoms with van der Waals surface area (Å²) >= 11 is 0. The number of carbonyl (C=O) groups is 1. The Hall–Kier alpha value is -1.22. The van der Waals surface area contributed by atoms with E-state index in [2.05, 4.69) is 30.2 Å². The van der Waals surface area contributed by atoms with Crippen LogP contribution >= 0.6 is 0 Å². The molecule has 3 heteroatoms. The third kappa shape index (κ3) is 2.91. The molecule has 0 spiro atoms. The van der Waals surface area contributed by atoms with Crippen LogP contribution < -0.4 is 5.32 Å². The first kappa shape index (κ1) is 12.2. The number of hydrogen-bond acceptors (Lipinski definition) is 3. The number of Topliss-reactive ketones (excluding diaryl/α,β-unsaturated/α-hetero) is 1. The fourth-order valence-corrected chi connectivity index (χ4v) is 2.32. The topological polar surface area (TPSA) is 42.0 Å². The highest BCUT2D eigenvalue weighted by molar-refractivity contribution is 5.83. The highest BCUT2D eigenvalue weighted by Crippen LogP contribution is 2.18. The Kier molecular flexibility index (Phi) is 3.89. The molecule has 0 aromatic carbocycles. The molecule has 1 saturated heterocycles. The van der Waals surface area contributed by atoms with E-state index in [1.54, 1.807) is 0 Å². The minimum atomic E-state index is 0.169. The predicted octanol–water partition coefficient (Wildman–Crippen LogP) is 1.61. The van der Waals surface area contributed by atoms with E-state index in [-0.39, 0.29) is 5.92 Å². The maximum absolute atomic E-state index is 12.1. The lowest BCUT2D eigenvalue weighted by molar-refractivity contribution is -0.122. The van der Waals surface area contributed by atoms with Crippen molar-refractivity contribution in [3.63, 3.8) is 0 Å². The van der Waals surface area contributed by atoms with E-state index in [9.17, 15) is 4.79 Å². The van der Waals surface area contributed by atoms with Crippen LogP contribution in [0, 0.1) is 11.8 Å². The van der Waals surface area contributed by atoms with Gasteiger partial charge in [-0.2, -0.15) is 0 Å². The van der Waals surface area contributed by atoms with E-state index in [0.717, 1.165) is 25.2 Å². The summed E-state index contributed by atoms with van der Waals surface area (Å²) in [5, 5.41) is 3.27. The van der Waals surface area contributed by atoms with Crippen LogP contribution in [-0.4, -0.2) is 23.9 Å². The van der Waals surface area contributed by atoms with Crippen molar-refractivity contribution in [3.8, 4) is 0 Å². The summed E-state index contributed by atoms with van der Waals surface area (Å²) < 4.78 is 0. The second-order valence-corrected chi connectivity index (χ2v) is 4.90. The molecule has 0 amide bonds.